The molecule has 1 aromatic carbocycles. The highest BCUT2D eigenvalue weighted by molar-refractivity contribution is 7.76. The molecule has 0 aliphatic rings. The molecular weight excluding hydrogens is 216 g/mol. The van der Waals surface area contributed by atoms with E-state index < -0.39 is 11.3 Å². The number of anilines is 1. The van der Waals surface area contributed by atoms with Gasteiger partial charge in [-0.15, -0.1) is 0 Å². The Morgan fingerprint density at radius 3 is 2.33 bits per heavy atom. The van der Waals surface area contributed by atoms with Gasteiger partial charge in [0.25, 0.3) is 0 Å². The summed E-state index contributed by atoms with van der Waals surface area (Å²) in [5.74, 6) is -0.184. The minimum atomic E-state index is -2.36. The minimum absolute atomic E-state index is 0.184. The molecule has 0 radical (unpaired) electrons. The van der Waals surface area contributed by atoms with Gasteiger partial charge in [-0.05, 0) is 18.2 Å². The van der Waals surface area contributed by atoms with Crippen molar-refractivity contribution in [2.75, 3.05) is 5.32 Å². The Morgan fingerprint density at radius 1 is 1.47 bits per heavy atom. The summed E-state index contributed by atoms with van der Waals surface area (Å²) in [6, 6.07) is 9.25. The Labute approximate surface area is 90.4 Å². The summed E-state index contributed by atoms with van der Waals surface area (Å²) < 4.78 is 17.6. The Hall–Kier alpha value is -1.50. The van der Waals surface area contributed by atoms with Gasteiger partial charge in [0, 0.05) is 17.0 Å². The largest absolute Gasteiger partial charge is 0.760 e. The molecule has 0 fully saturated rings. The zero-order valence-electron chi connectivity index (χ0n) is 7.88. The molecule has 5 nitrogen and oxygen atoms in total. The third-order valence-corrected chi connectivity index (χ3v) is 1.23. The van der Waals surface area contributed by atoms with Crippen molar-refractivity contribution in [2.24, 2.45) is 5.14 Å². The standard InChI is InChI=1S/C9H9NO.H3NO2S/c1-2-9(11)10-8-6-4-3-5-7-8;1-4(2)3/h2-7H,1H2,(H,10,11);1H2,(H,2,3)/p-1. The van der Waals surface area contributed by atoms with Gasteiger partial charge in [0.05, 0.1) is 0 Å². The van der Waals surface area contributed by atoms with E-state index in [1.54, 1.807) is 0 Å². The van der Waals surface area contributed by atoms with Crippen molar-refractivity contribution in [1.82, 2.24) is 0 Å². The lowest BCUT2D eigenvalue weighted by molar-refractivity contribution is -0.111. The van der Waals surface area contributed by atoms with Crippen LogP contribution in [0, 0.1) is 0 Å². The topological polar surface area (TPSA) is 95.2 Å². The van der Waals surface area contributed by atoms with Gasteiger partial charge in [-0.1, -0.05) is 24.8 Å². The molecule has 1 amide bonds. The number of carbonyl (C=O) groups excluding carboxylic acids is 1. The van der Waals surface area contributed by atoms with Crippen LogP contribution < -0.4 is 10.5 Å². The van der Waals surface area contributed by atoms with E-state index in [0.29, 0.717) is 0 Å². The summed E-state index contributed by atoms with van der Waals surface area (Å²) in [5, 5.41) is 6.66. The average molecular weight is 227 g/mol. The first-order valence-corrected chi connectivity index (χ1v) is 5.02. The molecule has 0 aromatic heterocycles. The quantitative estimate of drug-likeness (QED) is 0.570. The van der Waals surface area contributed by atoms with Crippen LogP contribution in [0.1, 0.15) is 0 Å². The van der Waals surface area contributed by atoms with Crippen molar-refractivity contribution in [3.05, 3.63) is 43.0 Å². The second kappa shape index (κ2) is 7.86. The molecule has 1 atom stereocenters. The molecule has 0 heterocycles. The smallest absolute Gasteiger partial charge is 0.247 e. The number of amides is 1. The number of para-hydroxylation sites is 1. The second-order valence-corrected chi connectivity index (χ2v) is 2.84. The van der Waals surface area contributed by atoms with Crippen molar-refractivity contribution >= 4 is 22.9 Å². The molecule has 0 saturated heterocycles. The fraction of sp³-hybridized carbons (Fsp3) is 0. The van der Waals surface area contributed by atoms with Crippen molar-refractivity contribution < 1.29 is 13.6 Å². The van der Waals surface area contributed by atoms with Crippen molar-refractivity contribution in [2.45, 2.75) is 0 Å². The predicted molar refractivity (Wildman–Crippen MR) is 58.4 cm³/mol. The third kappa shape index (κ3) is 8.82. The van der Waals surface area contributed by atoms with Crippen LogP contribution in [0.2, 0.25) is 0 Å². The number of benzene rings is 1. The summed E-state index contributed by atoms with van der Waals surface area (Å²) in [6.45, 7) is 3.34. The van der Waals surface area contributed by atoms with Gasteiger partial charge >= 0.3 is 0 Å². The van der Waals surface area contributed by atoms with Gasteiger partial charge in [0.1, 0.15) is 0 Å². The molecular formula is C9H11N2O3S-. The van der Waals surface area contributed by atoms with E-state index in [9.17, 15) is 4.79 Å². The number of carbonyl (C=O) groups is 1. The molecule has 82 valence electrons. The van der Waals surface area contributed by atoms with Crippen LogP contribution in [0.15, 0.2) is 43.0 Å². The van der Waals surface area contributed by atoms with Crippen LogP contribution in [0.4, 0.5) is 5.69 Å². The SMILES string of the molecule is C=CC(=O)Nc1ccccc1.NS(=O)[O-]. The summed E-state index contributed by atoms with van der Waals surface area (Å²) in [6.07, 6.45) is 1.24. The number of hydrogen-bond acceptors (Lipinski definition) is 3. The van der Waals surface area contributed by atoms with Gasteiger partial charge in [-0.25, -0.2) is 0 Å². The van der Waals surface area contributed by atoms with Crippen molar-refractivity contribution in [3.8, 4) is 0 Å². The summed E-state index contributed by atoms with van der Waals surface area (Å²) in [4.78, 5) is 10.8. The predicted octanol–water partition coefficient (Wildman–Crippen LogP) is 0.550. The summed E-state index contributed by atoms with van der Waals surface area (Å²) >= 11 is -2.36. The molecule has 0 bridgehead atoms. The van der Waals surface area contributed by atoms with Crippen molar-refractivity contribution in [1.29, 1.82) is 0 Å². The first-order valence-electron chi connectivity index (χ1n) is 3.88. The Balaban J connectivity index is 0.000000423. The normalized spacial score (nSPS) is 10.5. The van der Waals surface area contributed by atoms with Crippen LogP contribution in [-0.4, -0.2) is 14.7 Å². The van der Waals surface area contributed by atoms with E-state index in [1.165, 1.54) is 6.08 Å². The summed E-state index contributed by atoms with van der Waals surface area (Å²) in [7, 11) is 0. The van der Waals surface area contributed by atoms with Crippen LogP contribution >= 0.6 is 0 Å². The molecule has 6 heteroatoms. The Morgan fingerprint density at radius 2 is 1.93 bits per heavy atom. The molecule has 1 aromatic rings. The van der Waals surface area contributed by atoms with Crippen LogP contribution in [0.5, 0.6) is 0 Å². The zero-order valence-corrected chi connectivity index (χ0v) is 8.70. The van der Waals surface area contributed by atoms with Crippen molar-refractivity contribution in [3.63, 3.8) is 0 Å². The number of rotatable bonds is 2. The monoisotopic (exact) mass is 227 g/mol. The maximum Gasteiger partial charge on any atom is 0.247 e. The van der Waals surface area contributed by atoms with E-state index in [-0.39, 0.29) is 5.91 Å². The second-order valence-electron chi connectivity index (χ2n) is 2.32. The van der Waals surface area contributed by atoms with Gasteiger partial charge in [0.2, 0.25) is 5.91 Å². The lowest BCUT2D eigenvalue weighted by atomic mass is 10.3. The molecule has 0 aliphatic carbocycles. The van der Waals surface area contributed by atoms with E-state index in [2.05, 4.69) is 17.0 Å². The van der Waals surface area contributed by atoms with Gasteiger partial charge in [-0.2, -0.15) is 0 Å². The fourth-order valence-corrected chi connectivity index (χ4v) is 0.715. The third-order valence-electron chi connectivity index (χ3n) is 1.23. The highest BCUT2D eigenvalue weighted by Crippen LogP contribution is 2.03. The molecule has 0 saturated carbocycles. The van der Waals surface area contributed by atoms with E-state index in [1.807, 2.05) is 30.3 Å². The first kappa shape index (κ1) is 13.5. The molecule has 0 spiro atoms. The molecule has 1 rings (SSSR count). The zero-order chi connectivity index (χ0) is 11.7. The van der Waals surface area contributed by atoms with Gasteiger partial charge in [0.15, 0.2) is 0 Å². The fourth-order valence-electron chi connectivity index (χ4n) is 0.715. The number of nitrogens with one attached hydrogen (secondary N) is 1. The molecule has 0 aliphatic heterocycles. The van der Waals surface area contributed by atoms with E-state index in [4.69, 9.17) is 8.76 Å². The van der Waals surface area contributed by atoms with E-state index in [0.717, 1.165) is 5.69 Å². The Bertz CT molecular complexity index is 336. The minimum Gasteiger partial charge on any atom is -0.760 e. The highest BCUT2D eigenvalue weighted by atomic mass is 32.2. The first-order chi connectivity index (χ1) is 7.06. The van der Waals surface area contributed by atoms with E-state index >= 15 is 0 Å². The number of nitrogens with two attached hydrogens (primary N) is 1. The van der Waals surface area contributed by atoms with Crippen LogP contribution in [-0.2, 0) is 16.1 Å². The summed E-state index contributed by atoms with van der Waals surface area (Å²) in [5.41, 5.74) is 0.789. The molecule has 3 N–H and O–H groups in total. The lowest BCUT2D eigenvalue weighted by Gasteiger charge is -1.98. The number of hydrogen-bond donors (Lipinski definition) is 2. The lowest BCUT2D eigenvalue weighted by Crippen LogP contribution is -2.06. The van der Waals surface area contributed by atoms with Crippen LogP contribution in [0.25, 0.3) is 0 Å². The molecule has 15 heavy (non-hydrogen) atoms. The van der Waals surface area contributed by atoms with Gasteiger partial charge in [-0.3, -0.25) is 14.1 Å². The molecule has 1 unspecified atom stereocenters. The Kier molecular flexibility index (Phi) is 7.08. The average Bonchev–Trinajstić information content (AvgIpc) is 2.18. The van der Waals surface area contributed by atoms with Crippen LogP contribution in [0.3, 0.4) is 0 Å². The maximum absolute atomic E-state index is 10.8. The van der Waals surface area contributed by atoms with Gasteiger partial charge < -0.3 is 9.87 Å². The highest BCUT2D eigenvalue weighted by Gasteiger charge is 1.92. The maximum atomic E-state index is 10.8.